The Balaban J connectivity index is 2.19. The van der Waals surface area contributed by atoms with Gasteiger partial charge in [-0.1, -0.05) is 35.9 Å². The number of carbonyl (C=O) groups excluding carboxylic acids is 2. The number of hydrogen-bond acceptors (Lipinski definition) is 4. The second-order valence-electron chi connectivity index (χ2n) is 8.45. The number of nitrogens with one attached hydrogen (secondary N) is 1. The van der Waals surface area contributed by atoms with Gasteiger partial charge in [-0.25, -0.2) is 8.42 Å². The van der Waals surface area contributed by atoms with Crippen molar-refractivity contribution < 1.29 is 18.0 Å². The molecule has 0 unspecified atom stereocenters. The molecule has 186 valence electrons. The molecule has 0 saturated carbocycles. The molecule has 0 radical (unpaired) electrons. The Kier molecular flexibility index (Phi) is 9.94. The van der Waals surface area contributed by atoms with E-state index in [0.29, 0.717) is 23.7 Å². The second kappa shape index (κ2) is 12.2. The van der Waals surface area contributed by atoms with E-state index in [2.05, 4.69) is 5.32 Å². The number of halogens is 1. The molecular formula is C25H34ClN3O4S. The fraction of sp³-hybridized carbons (Fsp3) is 0.440. The highest BCUT2D eigenvalue weighted by Gasteiger charge is 2.26. The molecule has 0 aromatic heterocycles. The average molecular weight is 508 g/mol. The molecule has 0 spiro atoms. The van der Waals surface area contributed by atoms with E-state index in [1.807, 2.05) is 45.0 Å². The Bertz CT molecular complexity index is 1120. The lowest BCUT2D eigenvalue weighted by atomic mass is 10.1. The van der Waals surface area contributed by atoms with E-state index < -0.39 is 16.1 Å². The summed E-state index contributed by atoms with van der Waals surface area (Å²) >= 11 is 6.10. The molecule has 9 heteroatoms. The summed E-state index contributed by atoms with van der Waals surface area (Å²) in [5.74, 6) is -0.473. The zero-order valence-corrected chi connectivity index (χ0v) is 22.0. The van der Waals surface area contributed by atoms with Crippen molar-refractivity contribution in [1.29, 1.82) is 0 Å². The summed E-state index contributed by atoms with van der Waals surface area (Å²) in [5.41, 5.74) is 3.22. The van der Waals surface area contributed by atoms with E-state index in [-0.39, 0.29) is 31.3 Å². The number of carbonyl (C=O) groups is 2. The van der Waals surface area contributed by atoms with Crippen LogP contribution in [0, 0.1) is 13.8 Å². The number of amides is 2. The highest BCUT2D eigenvalue weighted by atomic mass is 35.5. The normalized spacial score (nSPS) is 12.2. The van der Waals surface area contributed by atoms with Gasteiger partial charge in [-0.2, -0.15) is 0 Å². The third-order valence-electron chi connectivity index (χ3n) is 5.55. The molecule has 0 aliphatic carbocycles. The SMILES string of the molecule is CCNC(=O)[C@@H](C)N(Cc1cccc(Cl)c1)C(=O)CCCN(c1cc(C)ccc1C)S(C)(=O)=O. The van der Waals surface area contributed by atoms with Crippen molar-refractivity contribution in [2.24, 2.45) is 0 Å². The van der Waals surface area contributed by atoms with Crippen molar-refractivity contribution >= 4 is 39.1 Å². The molecule has 1 N–H and O–H groups in total. The summed E-state index contributed by atoms with van der Waals surface area (Å²) in [6.45, 7) is 8.12. The number of hydrogen-bond donors (Lipinski definition) is 1. The van der Waals surface area contributed by atoms with Crippen LogP contribution < -0.4 is 9.62 Å². The molecule has 2 aromatic rings. The van der Waals surface area contributed by atoms with Crippen LogP contribution in [0.25, 0.3) is 0 Å². The van der Waals surface area contributed by atoms with Gasteiger partial charge in [-0.3, -0.25) is 13.9 Å². The van der Waals surface area contributed by atoms with Crippen LogP contribution in [0.4, 0.5) is 5.69 Å². The standard InChI is InChI=1S/C25H34ClN3O4S/c1-6-27-25(31)20(4)28(17-21-9-7-10-22(26)16-21)24(30)11-8-14-29(34(5,32)33)23-15-18(2)12-13-19(23)3/h7,9-10,12-13,15-16,20H,6,8,11,14,17H2,1-5H3,(H,27,31)/t20-/m1/s1. The molecule has 0 heterocycles. The molecule has 34 heavy (non-hydrogen) atoms. The van der Waals surface area contributed by atoms with Crippen LogP contribution >= 0.6 is 11.6 Å². The third kappa shape index (κ3) is 7.74. The molecule has 0 saturated heterocycles. The number of benzene rings is 2. The smallest absolute Gasteiger partial charge is 0.242 e. The quantitative estimate of drug-likeness (QED) is 0.497. The van der Waals surface area contributed by atoms with Crippen molar-refractivity contribution in [2.75, 3.05) is 23.7 Å². The lowest BCUT2D eigenvalue weighted by Crippen LogP contribution is -2.47. The van der Waals surface area contributed by atoms with E-state index in [1.54, 1.807) is 25.1 Å². The molecule has 2 amide bonds. The van der Waals surface area contributed by atoms with Crippen LogP contribution in [0.15, 0.2) is 42.5 Å². The van der Waals surface area contributed by atoms with Crippen LogP contribution in [0.3, 0.4) is 0 Å². The molecule has 2 rings (SSSR count). The van der Waals surface area contributed by atoms with Gasteiger partial charge in [0, 0.05) is 31.1 Å². The monoisotopic (exact) mass is 507 g/mol. The Morgan fingerprint density at radius 1 is 1.12 bits per heavy atom. The number of sulfonamides is 1. The molecule has 7 nitrogen and oxygen atoms in total. The van der Waals surface area contributed by atoms with E-state index in [9.17, 15) is 18.0 Å². The van der Waals surface area contributed by atoms with Gasteiger partial charge in [0.15, 0.2) is 0 Å². The molecule has 1 atom stereocenters. The van der Waals surface area contributed by atoms with Gasteiger partial charge in [0.05, 0.1) is 11.9 Å². The number of aryl methyl sites for hydroxylation is 2. The van der Waals surface area contributed by atoms with Crippen molar-refractivity contribution in [3.05, 3.63) is 64.2 Å². The van der Waals surface area contributed by atoms with Crippen molar-refractivity contribution in [2.45, 2.75) is 53.1 Å². The molecule has 2 aromatic carbocycles. The molecule has 0 aliphatic rings. The first-order valence-electron chi connectivity index (χ1n) is 11.3. The lowest BCUT2D eigenvalue weighted by Gasteiger charge is -2.29. The van der Waals surface area contributed by atoms with Crippen LogP contribution in [0.2, 0.25) is 5.02 Å². The van der Waals surface area contributed by atoms with Gasteiger partial charge in [0.25, 0.3) is 0 Å². The van der Waals surface area contributed by atoms with Gasteiger partial charge in [-0.05, 0) is 69.0 Å². The Morgan fingerprint density at radius 3 is 2.44 bits per heavy atom. The number of anilines is 1. The van der Waals surface area contributed by atoms with E-state index in [1.165, 1.54) is 15.5 Å². The second-order valence-corrected chi connectivity index (χ2v) is 10.8. The minimum atomic E-state index is -3.54. The van der Waals surface area contributed by atoms with Crippen LogP contribution in [0.5, 0.6) is 0 Å². The zero-order valence-electron chi connectivity index (χ0n) is 20.5. The summed E-state index contributed by atoms with van der Waals surface area (Å²) in [6, 6.07) is 12.1. The largest absolute Gasteiger partial charge is 0.355 e. The lowest BCUT2D eigenvalue weighted by molar-refractivity contribution is -0.140. The predicted octanol–water partition coefficient (Wildman–Crippen LogP) is 4.06. The highest BCUT2D eigenvalue weighted by molar-refractivity contribution is 7.92. The number of nitrogens with zero attached hydrogens (tertiary/aromatic N) is 2. The van der Waals surface area contributed by atoms with Crippen molar-refractivity contribution in [1.82, 2.24) is 10.2 Å². The Hall–Kier alpha value is -2.58. The summed E-state index contributed by atoms with van der Waals surface area (Å²) in [5, 5.41) is 3.31. The Labute approximate surface area is 208 Å². The summed E-state index contributed by atoms with van der Waals surface area (Å²) in [7, 11) is -3.54. The van der Waals surface area contributed by atoms with E-state index in [4.69, 9.17) is 11.6 Å². The Morgan fingerprint density at radius 2 is 1.82 bits per heavy atom. The molecule has 0 fully saturated rings. The van der Waals surface area contributed by atoms with Gasteiger partial charge in [0.1, 0.15) is 6.04 Å². The molecule has 0 aliphatic heterocycles. The van der Waals surface area contributed by atoms with Gasteiger partial charge >= 0.3 is 0 Å². The van der Waals surface area contributed by atoms with Gasteiger partial charge in [0.2, 0.25) is 21.8 Å². The van der Waals surface area contributed by atoms with Crippen LogP contribution in [-0.2, 0) is 26.2 Å². The van der Waals surface area contributed by atoms with Crippen molar-refractivity contribution in [3.8, 4) is 0 Å². The predicted molar refractivity (Wildman–Crippen MR) is 137 cm³/mol. The van der Waals surface area contributed by atoms with Gasteiger partial charge < -0.3 is 10.2 Å². The first-order chi connectivity index (χ1) is 15.9. The summed E-state index contributed by atoms with van der Waals surface area (Å²) < 4.78 is 26.4. The maximum atomic E-state index is 13.2. The first kappa shape index (κ1) is 27.7. The van der Waals surface area contributed by atoms with Gasteiger partial charge in [-0.15, -0.1) is 0 Å². The van der Waals surface area contributed by atoms with E-state index in [0.717, 1.165) is 16.7 Å². The number of likely N-dealkylation sites (N-methyl/N-ethyl adjacent to an activating group) is 1. The average Bonchev–Trinajstić information content (AvgIpc) is 2.75. The van der Waals surface area contributed by atoms with Crippen LogP contribution in [-0.4, -0.2) is 50.5 Å². The summed E-state index contributed by atoms with van der Waals surface area (Å²) in [4.78, 5) is 27.2. The number of rotatable bonds is 11. The third-order valence-corrected chi connectivity index (χ3v) is 6.96. The maximum Gasteiger partial charge on any atom is 0.242 e. The highest BCUT2D eigenvalue weighted by Crippen LogP contribution is 2.25. The molecule has 0 bridgehead atoms. The topological polar surface area (TPSA) is 86.8 Å². The molecular weight excluding hydrogens is 474 g/mol. The van der Waals surface area contributed by atoms with Crippen LogP contribution in [0.1, 0.15) is 43.4 Å². The summed E-state index contributed by atoms with van der Waals surface area (Å²) in [6.07, 6.45) is 1.58. The fourth-order valence-corrected chi connectivity index (χ4v) is 4.93. The van der Waals surface area contributed by atoms with E-state index >= 15 is 0 Å². The zero-order chi connectivity index (χ0) is 25.5. The maximum absolute atomic E-state index is 13.2. The minimum Gasteiger partial charge on any atom is -0.355 e. The first-order valence-corrected chi connectivity index (χ1v) is 13.5. The van der Waals surface area contributed by atoms with Crippen molar-refractivity contribution in [3.63, 3.8) is 0 Å². The fourth-order valence-electron chi connectivity index (χ4n) is 3.71. The minimum absolute atomic E-state index is 0.0984.